The van der Waals surface area contributed by atoms with Crippen molar-refractivity contribution in [2.24, 2.45) is 10.9 Å². The number of rotatable bonds is 5. The van der Waals surface area contributed by atoms with Crippen LogP contribution in [0.25, 0.3) is 0 Å². The number of hydrogen-bond acceptors (Lipinski definition) is 2. The quantitative estimate of drug-likeness (QED) is 0.722. The predicted molar refractivity (Wildman–Crippen MR) is 112 cm³/mol. The van der Waals surface area contributed by atoms with E-state index in [-0.39, 0.29) is 6.04 Å². The molecule has 132 valence electrons. The minimum absolute atomic E-state index is 0.270. The molecule has 0 bridgehead atoms. The van der Waals surface area contributed by atoms with E-state index in [1.165, 1.54) is 16.2 Å². The Morgan fingerprint density at radius 2 is 1.58 bits per heavy atom. The van der Waals surface area contributed by atoms with E-state index in [1.807, 2.05) is 0 Å². The van der Waals surface area contributed by atoms with Gasteiger partial charge in [-0.2, -0.15) is 0 Å². The minimum Gasteiger partial charge on any atom is -0.475 e. The Morgan fingerprint density at radius 3 is 2.12 bits per heavy atom. The summed E-state index contributed by atoms with van der Waals surface area (Å²) < 4.78 is 6.02. The maximum atomic E-state index is 6.02. The molecule has 0 radical (unpaired) electrons. The molecule has 1 heterocycles. The van der Waals surface area contributed by atoms with Crippen molar-refractivity contribution in [1.29, 1.82) is 0 Å². The average molecular weight is 361 g/mol. The van der Waals surface area contributed by atoms with Crippen LogP contribution >= 0.6 is 7.92 Å². The van der Waals surface area contributed by atoms with Gasteiger partial charge in [0.15, 0.2) is 0 Å². The minimum atomic E-state index is -0.553. The molecule has 0 fully saturated rings. The van der Waals surface area contributed by atoms with Crippen molar-refractivity contribution in [2.75, 3.05) is 6.61 Å². The maximum Gasteiger partial charge on any atom is 0.213 e. The fourth-order valence-corrected chi connectivity index (χ4v) is 6.10. The van der Waals surface area contributed by atoms with Crippen LogP contribution in [0, 0.1) is 5.92 Å². The van der Waals surface area contributed by atoms with Gasteiger partial charge >= 0.3 is 0 Å². The molecule has 0 amide bonds. The summed E-state index contributed by atoms with van der Waals surface area (Å²) in [5, 5.41) is 2.77. The second-order valence-electron chi connectivity index (χ2n) is 7.05. The maximum absolute atomic E-state index is 6.02. The highest BCUT2D eigenvalue weighted by Gasteiger charge is 2.33. The van der Waals surface area contributed by atoms with Crippen LogP contribution in [0.4, 0.5) is 0 Å². The third kappa shape index (κ3) is 3.39. The molecule has 0 spiro atoms. The lowest BCUT2D eigenvalue weighted by atomic mass is 10.1. The molecular weight excluding hydrogens is 337 g/mol. The monoisotopic (exact) mass is 361 g/mol. The summed E-state index contributed by atoms with van der Waals surface area (Å²) in [4.78, 5) is 4.89. The molecule has 0 aromatic heterocycles. The standard InChI is InChI=1S/C23H24NOP/c1-17(2)21-16-25-23(24-21)20-14-9-15-22(20)26(18-10-5-3-6-11-18)19-12-7-4-8-13-19/h3-15,17,21-22H,16H2,1-2H3/t21-,22?/m1/s1. The highest BCUT2D eigenvalue weighted by atomic mass is 31.1. The molecule has 4 rings (SSSR count). The number of nitrogens with zero attached hydrogens (tertiary/aromatic N) is 1. The third-order valence-corrected chi connectivity index (χ3v) is 7.64. The van der Waals surface area contributed by atoms with Crippen molar-refractivity contribution in [1.82, 2.24) is 0 Å². The zero-order valence-electron chi connectivity index (χ0n) is 15.2. The Hall–Kier alpha value is -2.18. The topological polar surface area (TPSA) is 21.6 Å². The van der Waals surface area contributed by atoms with Crippen molar-refractivity contribution >= 4 is 24.4 Å². The van der Waals surface area contributed by atoms with Crippen LogP contribution in [-0.4, -0.2) is 24.2 Å². The Kier molecular flexibility index (Phi) is 5.04. The van der Waals surface area contributed by atoms with Crippen LogP contribution in [0.2, 0.25) is 0 Å². The van der Waals surface area contributed by atoms with E-state index < -0.39 is 7.92 Å². The summed E-state index contributed by atoms with van der Waals surface area (Å²) in [6.45, 7) is 5.12. The van der Waals surface area contributed by atoms with Crippen LogP contribution in [0.3, 0.4) is 0 Å². The summed E-state index contributed by atoms with van der Waals surface area (Å²) in [5.74, 6) is 1.35. The van der Waals surface area contributed by atoms with Gasteiger partial charge in [-0.05, 0) is 24.4 Å². The van der Waals surface area contributed by atoms with Gasteiger partial charge in [0.05, 0.1) is 6.04 Å². The lowest BCUT2D eigenvalue weighted by Gasteiger charge is -2.26. The van der Waals surface area contributed by atoms with E-state index in [1.54, 1.807) is 0 Å². The van der Waals surface area contributed by atoms with Crippen LogP contribution in [0.5, 0.6) is 0 Å². The van der Waals surface area contributed by atoms with Crippen molar-refractivity contribution in [2.45, 2.75) is 25.5 Å². The van der Waals surface area contributed by atoms with E-state index in [0.717, 1.165) is 5.90 Å². The molecule has 2 aromatic rings. The molecule has 2 nitrogen and oxygen atoms in total. The van der Waals surface area contributed by atoms with E-state index in [4.69, 9.17) is 9.73 Å². The van der Waals surface area contributed by atoms with Gasteiger partial charge in [0, 0.05) is 11.2 Å². The van der Waals surface area contributed by atoms with Gasteiger partial charge in [0.25, 0.3) is 0 Å². The second-order valence-corrected chi connectivity index (χ2v) is 9.38. The summed E-state index contributed by atoms with van der Waals surface area (Å²) >= 11 is 0. The average Bonchev–Trinajstić information content (AvgIpc) is 3.33. The van der Waals surface area contributed by atoms with Crippen molar-refractivity contribution < 1.29 is 4.74 Å². The van der Waals surface area contributed by atoms with E-state index in [2.05, 4.69) is 92.7 Å². The second kappa shape index (κ2) is 7.60. The van der Waals surface area contributed by atoms with E-state index >= 15 is 0 Å². The fraction of sp³-hybridized carbons (Fsp3) is 0.261. The van der Waals surface area contributed by atoms with Crippen LogP contribution in [0.15, 0.2) is 89.5 Å². The van der Waals surface area contributed by atoms with Crippen LogP contribution < -0.4 is 10.6 Å². The number of ether oxygens (including phenoxy) is 1. The van der Waals surface area contributed by atoms with Gasteiger partial charge in [0.1, 0.15) is 6.61 Å². The summed E-state index contributed by atoms with van der Waals surface area (Å²) in [7, 11) is -0.553. The lowest BCUT2D eigenvalue weighted by molar-refractivity contribution is 0.291. The molecule has 2 atom stereocenters. The zero-order chi connectivity index (χ0) is 17.9. The normalized spacial score (nSPS) is 21.8. The molecule has 26 heavy (non-hydrogen) atoms. The Balaban J connectivity index is 1.71. The van der Waals surface area contributed by atoms with Crippen molar-refractivity contribution in [3.63, 3.8) is 0 Å². The third-order valence-electron chi connectivity index (χ3n) is 4.93. The largest absolute Gasteiger partial charge is 0.475 e. The van der Waals surface area contributed by atoms with Gasteiger partial charge in [-0.25, -0.2) is 4.99 Å². The molecule has 3 heteroatoms. The predicted octanol–water partition coefficient (Wildman–Crippen LogP) is 4.44. The Labute approximate surface area is 157 Å². The molecule has 2 aromatic carbocycles. The smallest absolute Gasteiger partial charge is 0.213 e. The summed E-state index contributed by atoms with van der Waals surface area (Å²) in [6, 6.07) is 22.0. The number of benzene rings is 2. The van der Waals surface area contributed by atoms with Crippen molar-refractivity contribution in [3.05, 3.63) is 84.5 Å². The molecule has 0 saturated heterocycles. The Bertz CT molecular complexity index is 800. The van der Waals surface area contributed by atoms with Gasteiger partial charge in [-0.3, -0.25) is 0 Å². The highest BCUT2D eigenvalue weighted by molar-refractivity contribution is 7.74. The molecule has 0 saturated carbocycles. The fourth-order valence-electron chi connectivity index (χ4n) is 3.43. The summed E-state index contributed by atoms with van der Waals surface area (Å²) in [6.07, 6.45) is 6.67. The first kappa shape index (κ1) is 17.2. The summed E-state index contributed by atoms with van der Waals surface area (Å²) in [5.41, 5.74) is 1.53. The number of allylic oxidation sites excluding steroid dienone is 3. The molecular formula is C23H24NOP. The number of aliphatic imine (C=N–C) groups is 1. The van der Waals surface area contributed by atoms with Gasteiger partial charge in [-0.1, -0.05) is 92.7 Å². The molecule has 0 N–H and O–H groups in total. The molecule has 1 aliphatic heterocycles. The van der Waals surface area contributed by atoms with Gasteiger partial charge < -0.3 is 4.74 Å². The SMILES string of the molecule is CC(C)[C@H]1COC(C2=CC=CC2P(c2ccccc2)c2ccccc2)=N1. The highest BCUT2D eigenvalue weighted by Crippen LogP contribution is 2.46. The van der Waals surface area contributed by atoms with Crippen LogP contribution in [0.1, 0.15) is 13.8 Å². The molecule has 1 unspecified atom stereocenters. The Morgan fingerprint density at radius 1 is 0.962 bits per heavy atom. The van der Waals surface area contributed by atoms with Crippen LogP contribution in [-0.2, 0) is 4.74 Å². The molecule has 1 aliphatic carbocycles. The van der Waals surface area contributed by atoms with Gasteiger partial charge in [0.2, 0.25) is 5.90 Å². The number of hydrogen-bond donors (Lipinski definition) is 0. The van der Waals surface area contributed by atoms with E-state index in [9.17, 15) is 0 Å². The van der Waals surface area contributed by atoms with Gasteiger partial charge in [-0.15, -0.1) is 0 Å². The first-order chi connectivity index (χ1) is 12.7. The first-order valence-electron chi connectivity index (χ1n) is 9.23. The lowest BCUT2D eigenvalue weighted by Crippen LogP contribution is -2.24. The van der Waals surface area contributed by atoms with Crippen molar-refractivity contribution in [3.8, 4) is 0 Å². The zero-order valence-corrected chi connectivity index (χ0v) is 16.1. The molecule has 2 aliphatic rings. The van der Waals surface area contributed by atoms with E-state index in [0.29, 0.717) is 18.2 Å². The first-order valence-corrected chi connectivity index (χ1v) is 10.6.